The van der Waals surface area contributed by atoms with Crippen molar-refractivity contribution in [1.82, 2.24) is 9.55 Å². The van der Waals surface area contributed by atoms with Crippen molar-refractivity contribution in [2.45, 2.75) is 29.9 Å². The SMILES string of the molecule is O=S(=O)(O)c1ccc2c(c1)C(O)C(C1c3ccccc3-c3cncn31)CC2. The van der Waals surface area contributed by atoms with Crippen LogP contribution in [0.25, 0.3) is 11.3 Å². The molecular formula is C20H18N2O4S. The second-order valence-corrected chi connectivity index (χ2v) is 8.62. The molecule has 1 aliphatic carbocycles. The maximum Gasteiger partial charge on any atom is 0.294 e. The molecular weight excluding hydrogens is 364 g/mol. The van der Waals surface area contributed by atoms with Crippen molar-refractivity contribution in [3.05, 3.63) is 71.7 Å². The Labute approximate surface area is 156 Å². The van der Waals surface area contributed by atoms with Crippen LogP contribution >= 0.6 is 0 Å². The van der Waals surface area contributed by atoms with Crippen LogP contribution in [0.2, 0.25) is 0 Å². The zero-order chi connectivity index (χ0) is 18.8. The Balaban J connectivity index is 1.61. The summed E-state index contributed by atoms with van der Waals surface area (Å²) in [5, 5.41) is 11.2. The van der Waals surface area contributed by atoms with Crippen LogP contribution in [0.3, 0.4) is 0 Å². The maximum absolute atomic E-state index is 11.5. The van der Waals surface area contributed by atoms with Crippen molar-refractivity contribution in [2.75, 3.05) is 0 Å². The lowest BCUT2D eigenvalue weighted by Crippen LogP contribution is -2.28. The Hall–Kier alpha value is -2.48. The molecule has 3 atom stereocenters. The lowest BCUT2D eigenvalue weighted by Gasteiger charge is -2.35. The van der Waals surface area contributed by atoms with Crippen molar-refractivity contribution in [2.24, 2.45) is 5.92 Å². The van der Waals surface area contributed by atoms with E-state index < -0.39 is 16.2 Å². The minimum Gasteiger partial charge on any atom is -0.388 e. The summed E-state index contributed by atoms with van der Waals surface area (Å²) in [5.41, 5.74) is 4.79. The van der Waals surface area contributed by atoms with E-state index in [1.165, 1.54) is 12.1 Å². The fourth-order valence-electron chi connectivity index (χ4n) is 4.59. The van der Waals surface area contributed by atoms with E-state index in [4.69, 9.17) is 0 Å². The molecule has 3 unspecified atom stereocenters. The molecule has 6 nitrogen and oxygen atoms in total. The molecule has 2 heterocycles. The van der Waals surface area contributed by atoms with Crippen molar-refractivity contribution >= 4 is 10.1 Å². The molecule has 1 aliphatic heterocycles. The lowest BCUT2D eigenvalue weighted by atomic mass is 9.76. The first-order chi connectivity index (χ1) is 12.9. The minimum atomic E-state index is -4.31. The van der Waals surface area contributed by atoms with Gasteiger partial charge in [-0.2, -0.15) is 8.42 Å². The third kappa shape index (κ3) is 2.46. The maximum atomic E-state index is 11.5. The number of nitrogens with zero attached hydrogens (tertiary/aromatic N) is 2. The second kappa shape index (κ2) is 5.76. The quantitative estimate of drug-likeness (QED) is 0.665. The normalized spacial score (nSPS) is 23.6. The molecule has 0 saturated carbocycles. The van der Waals surface area contributed by atoms with Gasteiger partial charge >= 0.3 is 0 Å². The van der Waals surface area contributed by atoms with Gasteiger partial charge in [0, 0.05) is 11.5 Å². The van der Waals surface area contributed by atoms with E-state index in [1.807, 2.05) is 18.3 Å². The third-order valence-corrected chi connectivity index (χ3v) is 6.66. The summed E-state index contributed by atoms with van der Waals surface area (Å²) < 4.78 is 34.5. The number of fused-ring (bicyclic) bond motifs is 4. The number of aryl methyl sites for hydroxylation is 1. The third-order valence-electron chi connectivity index (χ3n) is 5.81. The highest BCUT2D eigenvalue weighted by Crippen LogP contribution is 2.49. The fourth-order valence-corrected chi connectivity index (χ4v) is 5.10. The number of aromatic nitrogens is 2. The zero-order valence-electron chi connectivity index (χ0n) is 14.4. The lowest BCUT2D eigenvalue weighted by molar-refractivity contribution is 0.0718. The molecule has 138 valence electrons. The van der Waals surface area contributed by atoms with E-state index in [9.17, 15) is 18.1 Å². The Morgan fingerprint density at radius 1 is 1.11 bits per heavy atom. The predicted octanol–water partition coefficient (Wildman–Crippen LogP) is 3.00. The molecule has 0 amide bonds. The molecule has 7 heteroatoms. The first-order valence-corrected chi connectivity index (χ1v) is 10.3. The van der Waals surface area contributed by atoms with Gasteiger partial charge in [-0.05, 0) is 41.7 Å². The number of aliphatic hydroxyl groups is 1. The molecule has 5 rings (SSSR count). The van der Waals surface area contributed by atoms with Crippen molar-refractivity contribution in [1.29, 1.82) is 0 Å². The topological polar surface area (TPSA) is 92.4 Å². The van der Waals surface area contributed by atoms with Crippen molar-refractivity contribution in [3.63, 3.8) is 0 Å². The van der Waals surface area contributed by atoms with Crippen LogP contribution in [0, 0.1) is 5.92 Å². The summed E-state index contributed by atoms with van der Waals surface area (Å²) in [4.78, 5) is 4.09. The van der Waals surface area contributed by atoms with E-state index in [-0.39, 0.29) is 16.9 Å². The average Bonchev–Trinajstić information content (AvgIpc) is 3.23. The Morgan fingerprint density at radius 2 is 1.93 bits per heavy atom. The van der Waals surface area contributed by atoms with Gasteiger partial charge in [0.25, 0.3) is 10.1 Å². The number of rotatable bonds is 2. The molecule has 0 radical (unpaired) electrons. The van der Waals surface area contributed by atoms with E-state index >= 15 is 0 Å². The molecule has 2 aromatic carbocycles. The Morgan fingerprint density at radius 3 is 2.74 bits per heavy atom. The largest absolute Gasteiger partial charge is 0.388 e. The van der Waals surface area contributed by atoms with E-state index in [2.05, 4.69) is 21.7 Å². The van der Waals surface area contributed by atoms with Gasteiger partial charge in [0.1, 0.15) is 0 Å². The zero-order valence-corrected chi connectivity index (χ0v) is 15.2. The summed E-state index contributed by atoms with van der Waals surface area (Å²) in [7, 11) is -4.31. The summed E-state index contributed by atoms with van der Waals surface area (Å²) in [5.74, 6) is -0.120. The highest BCUT2D eigenvalue weighted by Gasteiger charge is 2.40. The summed E-state index contributed by atoms with van der Waals surface area (Å²) >= 11 is 0. The predicted molar refractivity (Wildman–Crippen MR) is 98.8 cm³/mol. The first-order valence-electron chi connectivity index (χ1n) is 8.84. The van der Waals surface area contributed by atoms with Gasteiger partial charge in [0.2, 0.25) is 0 Å². The smallest absolute Gasteiger partial charge is 0.294 e. The van der Waals surface area contributed by atoms with Crippen molar-refractivity contribution in [3.8, 4) is 11.3 Å². The number of benzene rings is 2. The minimum absolute atomic E-state index is 0.0590. The standard InChI is InChI=1S/C20H18N2O4S/c23-20-16(8-6-12-5-7-13(9-17(12)20)27(24,25)26)19-15-4-2-1-3-14(15)18-10-21-11-22(18)19/h1-5,7,9-11,16,19-20,23H,6,8H2,(H,24,25,26). The molecule has 1 aromatic heterocycles. The first kappa shape index (κ1) is 16.7. The molecule has 0 spiro atoms. The van der Waals surface area contributed by atoms with Crippen LogP contribution in [0.15, 0.2) is 59.9 Å². The van der Waals surface area contributed by atoms with Gasteiger partial charge in [-0.25, -0.2) is 4.98 Å². The number of hydrogen-bond donors (Lipinski definition) is 2. The van der Waals surface area contributed by atoms with Crippen LogP contribution in [0.5, 0.6) is 0 Å². The van der Waals surface area contributed by atoms with Crippen LogP contribution in [0.4, 0.5) is 0 Å². The van der Waals surface area contributed by atoms with Crippen LogP contribution < -0.4 is 0 Å². The second-order valence-electron chi connectivity index (χ2n) is 7.20. The van der Waals surface area contributed by atoms with Crippen LogP contribution in [-0.4, -0.2) is 27.6 Å². The molecule has 0 fully saturated rings. The van der Waals surface area contributed by atoms with Gasteiger partial charge in [0.05, 0.1) is 35.3 Å². The van der Waals surface area contributed by atoms with Crippen LogP contribution in [-0.2, 0) is 16.5 Å². The van der Waals surface area contributed by atoms with E-state index in [0.717, 1.165) is 35.2 Å². The Bertz CT molecular complexity index is 1150. The molecule has 0 bridgehead atoms. The molecule has 3 aromatic rings. The monoisotopic (exact) mass is 382 g/mol. The number of imidazole rings is 1. The van der Waals surface area contributed by atoms with Gasteiger partial charge < -0.3 is 9.67 Å². The highest BCUT2D eigenvalue weighted by atomic mass is 32.2. The molecule has 2 aliphatic rings. The molecule has 2 N–H and O–H groups in total. The molecule has 27 heavy (non-hydrogen) atoms. The summed E-state index contributed by atoms with van der Waals surface area (Å²) in [6, 6.07) is 12.5. The molecule has 0 saturated heterocycles. The van der Waals surface area contributed by atoms with Gasteiger partial charge in [0.15, 0.2) is 0 Å². The van der Waals surface area contributed by atoms with Gasteiger partial charge in [-0.1, -0.05) is 30.3 Å². The number of aliphatic hydroxyl groups excluding tert-OH is 1. The summed E-state index contributed by atoms with van der Waals surface area (Å²) in [6.07, 6.45) is 4.30. The fraction of sp³-hybridized carbons (Fsp3) is 0.250. The average molecular weight is 382 g/mol. The van der Waals surface area contributed by atoms with E-state index in [0.29, 0.717) is 5.56 Å². The summed E-state index contributed by atoms with van der Waals surface area (Å²) in [6.45, 7) is 0. The number of hydrogen-bond acceptors (Lipinski definition) is 4. The van der Waals surface area contributed by atoms with Gasteiger partial charge in [-0.15, -0.1) is 0 Å². The highest BCUT2D eigenvalue weighted by molar-refractivity contribution is 7.85. The van der Waals surface area contributed by atoms with Gasteiger partial charge in [-0.3, -0.25) is 4.55 Å². The van der Waals surface area contributed by atoms with Crippen LogP contribution in [0.1, 0.15) is 35.3 Å². The van der Waals surface area contributed by atoms with E-state index in [1.54, 1.807) is 12.4 Å². The van der Waals surface area contributed by atoms with Crippen molar-refractivity contribution < 1.29 is 18.1 Å². The Kier molecular flexibility index (Phi) is 3.56.